The van der Waals surface area contributed by atoms with Gasteiger partial charge in [0.15, 0.2) is 5.58 Å². The van der Waals surface area contributed by atoms with Crippen LogP contribution in [0.1, 0.15) is 6.92 Å². The van der Waals surface area contributed by atoms with Gasteiger partial charge >= 0.3 is 0 Å². The molecule has 1 aromatic heterocycles. The Morgan fingerprint density at radius 1 is 1.33 bits per heavy atom. The van der Waals surface area contributed by atoms with Gasteiger partial charge < -0.3 is 14.5 Å². The van der Waals surface area contributed by atoms with Gasteiger partial charge in [-0.3, -0.25) is 4.79 Å². The summed E-state index contributed by atoms with van der Waals surface area (Å²) in [6, 6.07) is 12.5. The normalized spacial score (nSPS) is 12.1. The summed E-state index contributed by atoms with van der Waals surface area (Å²) in [5.74, 6) is 0.356. The van der Waals surface area contributed by atoms with Crippen LogP contribution in [0.5, 0.6) is 5.75 Å². The number of hydrogen-bond acceptors (Lipinski definition) is 5. The fourth-order valence-corrected chi connectivity index (χ4v) is 3.05. The summed E-state index contributed by atoms with van der Waals surface area (Å²) in [6.45, 7) is 1.78. The number of hydrogen-bond donors (Lipinski definition) is 1. The summed E-state index contributed by atoms with van der Waals surface area (Å²) in [5, 5.41) is 3.39. The van der Waals surface area contributed by atoms with Crippen LogP contribution >= 0.6 is 23.4 Å². The first-order valence-electron chi connectivity index (χ1n) is 7.23. The van der Waals surface area contributed by atoms with Gasteiger partial charge in [0.05, 0.1) is 18.0 Å². The number of oxazole rings is 1. The molecular weight excluding hydrogens is 348 g/mol. The number of carbonyl (C=O) groups is 1. The van der Waals surface area contributed by atoms with Crippen molar-refractivity contribution in [3.8, 4) is 5.75 Å². The average Bonchev–Trinajstić information content (AvgIpc) is 2.97. The molecule has 0 saturated heterocycles. The lowest BCUT2D eigenvalue weighted by Gasteiger charge is -2.13. The number of nitrogens with one attached hydrogen (secondary N) is 1. The minimum atomic E-state index is -0.401. The van der Waals surface area contributed by atoms with E-state index in [9.17, 15) is 4.79 Å². The maximum absolute atomic E-state index is 12.4. The molecule has 3 aromatic rings. The van der Waals surface area contributed by atoms with E-state index in [2.05, 4.69) is 10.3 Å². The Morgan fingerprint density at radius 3 is 2.88 bits per heavy atom. The van der Waals surface area contributed by atoms with E-state index in [0.29, 0.717) is 27.3 Å². The number of aromatic nitrogens is 1. The van der Waals surface area contributed by atoms with E-state index in [1.807, 2.05) is 24.3 Å². The molecule has 0 saturated carbocycles. The summed E-state index contributed by atoms with van der Waals surface area (Å²) in [5.41, 5.74) is 1.99. The number of ether oxygens (including phenoxy) is 1. The molecule has 5 nitrogen and oxygen atoms in total. The Bertz CT molecular complexity index is 848. The number of nitrogens with zero attached hydrogens (tertiary/aromatic N) is 1. The van der Waals surface area contributed by atoms with Crippen LogP contribution in [0, 0.1) is 0 Å². The van der Waals surface area contributed by atoms with Gasteiger partial charge in [0, 0.05) is 5.02 Å². The quantitative estimate of drug-likeness (QED) is 0.671. The van der Waals surface area contributed by atoms with Gasteiger partial charge in [-0.1, -0.05) is 35.5 Å². The molecule has 0 aliphatic heterocycles. The van der Waals surface area contributed by atoms with Crippen LogP contribution in [0.3, 0.4) is 0 Å². The van der Waals surface area contributed by atoms with Crippen molar-refractivity contribution in [2.75, 3.05) is 12.4 Å². The standard InChI is InChI=1S/C17H15ClN2O3S/c1-10(24-17-20-12-5-3-4-6-15(12)23-17)16(21)19-13-9-11(18)7-8-14(13)22-2/h3-10H,1-2H3,(H,19,21)/t10-/m0/s1. The van der Waals surface area contributed by atoms with E-state index < -0.39 is 5.25 Å². The SMILES string of the molecule is COc1ccc(Cl)cc1NC(=O)[C@H](C)Sc1nc2ccccc2o1. The summed E-state index contributed by atoms with van der Waals surface area (Å²) >= 11 is 7.23. The minimum absolute atomic E-state index is 0.192. The molecule has 0 aliphatic rings. The number of fused-ring (bicyclic) bond motifs is 1. The third kappa shape index (κ3) is 3.66. The van der Waals surface area contributed by atoms with Crippen LogP contribution in [0.25, 0.3) is 11.1 Å². The molecule has 0 fully saturated rings. The minimum Gasteiger partial charge on any atom is -0.495 e. The summed E-state index contributed by atoms with van der Waals surface area (Å²) in [7, 11) is 1.54. The van der Waals surface area contributed by atoms with Crippen LogP contribution < -0.4 is 10.1 Å². The molecule has 0 radical (unpaired) electrons. The second-order valence-electron chi connectivity index (χ2n) is 5.04. The van der Waals surface area contributed by atoms with Crippen LogP contribution in [-0.4, -0.2) is 23.3 Å². The van der Waals surface area contributed by atoms with Gasteiger partial charge in [-0.15, -0.1) is 0 Å². The lowest BCUT2D eigenvalue weighted by Crippen LogP contribution is -2.22. The number of amides is 1. The fraction of sp³-hybridized carbons (Fsp3) is 0.176. The van der Waals surface area contributed by atoms with Crippen molar-refractivity contribution in [2.45, 2.75) is 17.4 Å². The number of thioether (sulfide) groups is 1. The van der Waals surface area contributed by atoms with E-state index in [1.54, 1.807) is 25.1 Å². The first-order valence-corrected chi connectivity index (χ1v) is 8.49. The topological polar surface area (TPSA) is 64.4 Å². The summed E-state index contributed by atoms with van der Waals surface area (Å²) < 4.78 is 10.9. The average molecular weight is 363 g/mol. The van der Waals surface area contributed by atoms with Crippen molar-refractivity contribution in [1.29, 1.82) is 0 Å². The Morgan fingerprint density at radius 2 is 2.12 bits per heavy atom. The van der Waals surface area contributed by atoms with Crippen molar-refractivity contribution in [3.63, 3.8) is 0 Å². The third-order valence-electron chi connectivity index (χ3n) is 3.34. The van der Waals surface area contributed by atoms with Gasteiger partial charge in [-0.05, 0) is 37.3 Å². The number of rotatable bonds is 5. The fourth-order valence-electron chi connectivity index (χ4n) is 2.12. The van der Waals surface area contributed by atoms with E-state index in [4.69, 9.17) is 20.8 Å². The van der Waals surface area contributed by atoms with Crippen LogP contribution in [-0.2, 0) is 4.79 Å². The molecular formula is C17H15ClN2O3S. The molecule has 1 amide bonds. The molecule has 2 aromatic carbocycles. The zero-order valence-corrected chi connectivity index (χ0v) is 14.6. The molecule has 3 rings (SSSR count). The highest BCUT2D eigenvalue weighted by Crippen LogP contribution is 2.30. The monoisotopic (exact) mass is 362 g/mol. The van der Waals surface area contributed by atoms with Gasteiger partial charge in [0.25, 0.3) is 5.22 Å². The first-order chi connectivity index (χ1) is 11.6. The van der Waals surface area contributed by atoms with Gasteiger partial charge in [0.2, 0.25) is 5.91 Å². The lowest BCUT2D eigenvalue weighted by molar-refractivity contribution is -0.115. The molecule has 7 heteroatoms. The zero-order chi connectivity index (χ0) is 17.1. The molecule has 0 unspecified atom stereocenters. The van der Waals surface area contributed by atoms with Crippen LogP contribution in [0.2, 0.25) is 5.02 Å². The predicted molar refractivity (Wildman–Crippen MR) is 96.0 cm³/mol. The van der Waals surface area contributed by atoms with Crippen molar-refractivity contribution in [3.05, 3.63) is 47.5 Å². The first kappa shape index (κ1) is 16.7. The zero-order valence-electron chi connectivity index (χ0n) is 13.1. The Balaban J connectivity index is 1.71. The molecule has 124 valence electrons. The second kappa shape index (κ2) is 7.15. The van der Waals surface area contributed by atoms with Gasteiger partial charge in [-0.2, -0.15) is 0 Å². The molecule has 1 atom stereocenters. The Kier molecular flexibility index (Phi) is 4.97. The largest absolute Gasteiger partial charge is 0.495 e. The van der Waals surface area contributed by atoms with Crippen molar-refractivity contribution >= 4 is 46.1 Å². The van der Waals surface area contributed by atoms with Crippen LogP contribution in [0.4, 0.5) is 5.69 Å². The van der Waals surface area contributed by atoms with E-state index in [0.717, 1.165) is 5.52 Å². The summed E-state index contributed by atoms with van der Waals surface area (Å²) in [4.78, 5) is 16.8. The number of methoxy groups -OCH3 is 1. The molecule has 0 spiro atoms. The maximum Gasteiger partial charge on any atom is 0.257 e. The molecule has 0 aliphatic carbocycles. The van der Waals surface area contributed by atoms with E-state index in [-0.39, 0.29) is 5.91 Å². The van der Waals surface area contributed by atoms with Crippen molar-refractivity contribution in [2.24, 2.45) is 0 Å². The number of benzene rings is 2. The van der Waals surface area contributed by atoms with Gasteiger partial charge in [-0.25, -0.2) is 4.98 Å². The maximum atomic E-state index is 12.4. The Labute approximate surface area is 148 Å². The molecule has 24 heavy (non-hydrogen) atoms. The lowest BCUT2D eigenvalue weighted by atomic mass is 10.3. The van der Waals surface area contributed by atoms with Crippen molar-refractivity contribution in [1.82, 2.24) is 4.98 Å². The highest BCUT2D eigenvalue weighted by Gasteiger charge is 2.19. The van der Waals surface area contributed by atoms with Crippen LogP contribution in [0.15, 0.2) is 52.1 Å². The molecule has 1 heterocycles. The number of carbonyl (C=O) groups excluding carboxylic acids is 1. The molecule has 1 N–H and O–H groups in total. The predicted octanol–water partition coefficient (Wildman–Crippen LogP) is 4.61. The van der Waals surface area contributed by atoms with Gasteiger partial charge in [0.1, 0.15) is 11.3 Å². The Hall–Kier alpha value is -2.18. The third-order valence-corrected chi connectivity index (χ3v) is 4.52. The number of anilines is 1. The number of para-hydroxylation sites is 2. The summed E-state index contributed by atoms with van der Waals surface area (Å²) in [6.07, 6.45) is 0. The highest BCUT2D eigenvalue weighted by molar-refractivity contribution is 8.00. The smallest absolute Gasteiger partial charge is 0.257 e. The highest BCUT2D eigenvalue weighted by atomic mass is 35.5. The second-order valence-corrected chi connectivity index (χ2v) is 6.77. The number of halogens is 1. The van der Waals surface area contributed by atoms with E-state index in [1.165, 1.54) is 18.9 Å². The van der Waals surface area contributed by atoms with Crippen molar-refractivity contribution < 1.29 is 13.9 Å². The van der Waals surface area contributed by atoms with E-state index >= 15 is 0 Å². The molecule has 0 bridgehead atoms.